The first-order valence-electron chi connectivity index (χ1n) is 8.29. The molecule has 3 heteroatoms. The molecule has 19 heavy (non-hydrogen) atoms. The monoisotopic (exact) mass is 269 g/mol. The molecule has 0 aromatic heterocycles. The molecule has 112 valence electrons. The summed E-state index contributed by atoms with van der Waals surface area (Å²) in [5, 5.41) is 3.69. The summed E-state index contributed by atoms with van der Waals surface area (Å²) >= 11 is 0. The van der Waals surface area contributed by atoms with Crippen molar-refractivity contribution in [3.8, 4) is 0 Å². The molecule has 2 rings (SSSR count). The van der Waals surface area contributed by atoms with Crippen LogP contribution in [-0.4, -0.2) is 37.5 Å². The van der Waals surface area contributed by atoms with Crippen LogP contribution in [0.5, 0.6) is 0 Å². The fraction of sp³-hybridized carbons (Fsp3) is 1.00. The highest BCUT2D eigenvalue weighted by Crippen LogP contribution is 2.38. The smallest absolute Gasteiger partial charge is 0.0834 e. The Balaban J connectivity index is 1.91. The van der Waals surface area contributed by atoms with Gasteiger partial charge in [0.1, 0.15) is 0 Å². The van der Waals surface area contributed by atoms with Crippen molar-refractivity contribution >= 4 is 0 Å². The predicted octanol–water partition coefficient (Wildman–Crippen LogP) is 3.27. The quantitative estimate of drug-likeness (QED) is 0.733. The molecule has 0 spiro atoms. The standard InChI is InChI=1S/C16H31NO2/c1-3-17-15(10-9-14-8-7-13-18-14)16(19-4-2)11-5-6-12-16/h14-15,17H,3-13H2,1-2H3. The van der Waals surface area contributed by atoms with E-state index in [0.29, 0.717) is 12.1 Å². The number of nitrogens with one attached hydrogen (secondary N) is 1. The van der Waals surface area contributed by atoms with Crippen LogP contribution in [0.1, 0.15) is 65.2 Å². The molecule has 2 fully saturated rings. The average Bonchev–Trinajstić information content (AvgIpc) is 3.06. The SMILES string of the molecule is CCNC(CCC1CCCO1)C1(OCC)CCCC1. The zero-order chi connectivity index (χ0) is 13.6. The Kier molecular flexibility index (Phi) is 6.11. The molecule has 3 nitrogen and oxygen atoms in total. The molecule has 2 atom stereocenters. The van der Waals surface area contributed by atoms with Crippen LogP contribution in [0.4, 0.5) is 0 Å². The van der Waals surface area contributed by atoms with Gasteiger partial charge < -0.3 is 14.8 Å². The van der Waals surface area contributed by atoms with E-state index in [1.807, 2.05) is 0 Å². The molecule has 0 radical (unpaired) electrons. The lowest BCUT2D eigenvalue weighted by Crippen LogP contribution is -2.51. The molecule has 1 aliphatic heterocycles. The third kappa shape index (κ3) is 3.93. The normalized spacial score (nSPS) is 27.8. The second kappa shape index (κ2) is 7.61. The first-order valence-corrected chi connectivity index (χ1v) is 8.29. The number of rotatable bonds is 8. The summed E-state index contributed by atoms with van der Waals surface area (Å²) in [5.41, 5.74) is 0.101. The van der Waals surface area contributed by atoms with Gasteiger partial charge in [-0.25, -0.2) is 0 Å². The summed E-state index contributed by atoms with van der Waals surface area (Å²) in [4.78, 5) is 0. The molecule has 2 unspecified atom stereocenters. The first kappa shape index (κ1) is 15.3. The molecule has 1 N–H and O–H groups in total. The molecule has 0 amide bonds. The van der Waals surface area contributed by atoms with Crippen LogP contribution in [0.15, 0.2) is 0 Å². The van der Waals surface area contributed by atoms with E-state index in [4.69, 9.17) is 9.47 Å². The van der Waals surface area contributed by atoms with E-state index in [1.165, 1.54) is 51.4 Å². The maximum Gasteiger partial charge on any atom is 0.0834 e. The molecule has 1 saturated carbocycles. The summed E-state index contributed by atoms with van der Waals surface area (Å²) in [6, 6.07) is 0.504. The minimum absolute atomic E-state index is 0.101. The average molecular weight is 269 g/mol. The molecule has 2 aliphatic rings. The number of hydrogen-bond donors (Lipinski definition) is 1. The van der Waals surface area contributed by atoms with Crippen molar-refractivity contribution < 1.29 is 9.47 Å². The van der Waals surface area contributed by atoms with Gasteiger partial charge in [-0.3, -0.25) is 0 Å². The van der Waals surface area contributed by atoms with Gasteiger partial charge in [0, 0.05) is 19.3 Å². The Morgan fingerprint density at radius 3 is 2.63 bits per heavy atom. The fourth-order valence-electron chi connectivity index (χ4n) is 3.88. The maximum absolute atomic E-state index is 6.22. The van der Waals surface area contributed by atoms with Gasteiger partial charge in [0.05, 0.1) is 11.7 Å². The molecule has 0 bridgehead atoms. The Bertz CT molecular complexity index is 245. The maximum atomic E-state index is 6.22. The minimum Gasteiger partial charge on any atom is -0.378 e. The van der Waals surface area contributed by atoms with Crippen molar-refractivity contribution in [2.45, 2.75) is 83.0 Å². The minimum atomic E-state index is 0.101. The molecular formula is C16H31NO2. The largest absolute Gasteiger partial charge is 0.378 e. The van der Waals surface area contributed by atoms with Crippen molar-refractivity contribution in [3.63, 3.8) is 0 Å². The Hall–Kier alpha value is -0.120. The van der Waals surface area contributed by atoms with Crippen LogP contribution in [0.25, 0.3) is 0 Å². The van der Waals surface area contributed by atoms with E-state index in [9.17, 15) is 0 Å². The predicted molar refractivity (Wildman–Crippen MR) is 78.5 cm³/mol. The summed E-state index contributed by atoms with van der Waals surface area (Å²) in [6.45, 7) is 7.16. The van der Waals surface area contributed by atoms with Crippen molar-refractivity contribution in [3.05, 3.63) is 0 Å². The van der Waals surface area contributed by atoms with Gasteiger partial charge in [-0.2, -0.15) is 0 Å². The topological polar surface area (TPSA) is 30.5 Å². The van der Waals surface area contributed by atoms with E-state index in [-0.39, 0.29) is 5.60 Å². The van der Waals surface area contributed by atoms with Crippen LogP contribution < -0.4 is 5.32 Å². The first-order chi connectivity index (χ1) is 9.30. The third-order valence-electron chi connectivity index (χ3n) is 4.77. The van der Waals surface area contributed by atoms with E-state index in [1.54, 1.807) is 0 Å². The second-order valence-corrected chi connectivity index (χ2v) is 6.03. The van der Waals surface area contributed by atoms with Gasteiger partial charge in [0.25, 0.3) is 0 Å². The van der Waals surface area contributed by atoms with Gasteiger partial charge in [0.15, 0.2) is 0 Å². The fourth-order valence-corrected chi connectivity index (χ4v) is 3.88. The molecule has 1 aliphatic carbocycles. The zero-order valence-corrected chi connectivity index (χ0v) is 12.7. The van der Waals surface area contributed by atoms with Crippen LogP contribution in [0.3, 0.4) is 0 Å². The van der Waals surface area contributed by atoms with Gasteiger partial charge in [0.2, 0.25) is 0 Å². The van der Waals surface area contributed by atoms with Crippen molar-refractivity contribution in [2.75, 3.05) is 19.8 Å². The summed E-state index contributed by atoms with van der Waals surface area (Å²) < 4.78 is 12.0. The van der Waals surface area contributed by atoms with Gasteiger partial charge in [-0.1, -0.05) is 19.8 Å². The van der Waals surface area contributed by atoms with Gasteiger partial charge in [-0.05, 0) is 52.0 Å². The number of ether oxygens (including phenoxy) is 2. The highest BCUT2D eigenvalue weighted by atomic mass is 16.5. The van der Waals surface area contributed by atoms with Crippen molar-refractivity contribution in [2.24, 2.45) is 0 Å². The summed E-state index contributed by atoms with van der Waals surface area (Å²) in [7, 11) is 0. The molecule has 0 aromatic rings. The summed E-state index contributed by atoms with van der Waals surface area (Å²) in [6.07, 6.45) is 10.5. The lowest BCUT2D eigenvalue weighted by molar-refractivity contribution is -0.0653. The molecule has 1 saturated heterocycles. The van der Waals surface area contributed by atoms with E-state index in [0.717, 1.165) is 19.8 Å². The molecule has 0 aromatic carbocycles. The second-order valence-electron chi connectivity index (χ2n) is 6.03. The van der Waals surface area contributed by atoms with Gasteiger partial charge in [-0.15, -0.1) is 0 Å². The van der Waals surface area contributed by atoms with Crippen molar-refractivity contribution in [1.82, 2.24) is 5.32 Å². The third-order valence-corrected chi connectivity index (χ3v) is 4.77. The number of likely N-dealkylation sites (N-methyl/N-ethyl adjacent to an activating group) is 1. The molecular weight excluding hydrogens is 238 g/mol. The lowest BCUT2D eigenvalue weighted by atomic mass is 9.87. The van der Waals surface area contributed by atoms with Crippen LogP contribution in [0.2, 0.25) is 0 Å². The van der Waals surface area contributed by atoms with Crippen LogP contribution in [-0.2, 0) is 9.47 Å². The Morgan fingerprint density at radius 1 is 1.26 bits per heavy atom. The lowest BCUT2D eigenvalue weighted by Gasteiger charge is -2.38. The Morgan fingerprint density at radius 2 is 2.05 bits per heavy atom. The highest BCUT2D eigenvalue weighted by molar-refractivity contribution is 4.97. The van der Waals surface area contributed by atoms with Crippen LogP contribution in [0, 0.1) is 0 Å². The van der Waals surface area contributed by atoms with E-state index < -0.39 is 0 Å². The van der Waals surface area contributed by atoms with Crippen LogP contribution >= 0.6 is 0 Å². The van der Waals surface area contributed by atoms with E-state index >= 15 is 0 Å². The number of hydrogen-bond acceptors (Lipinski definition) is 3. The molecule has 1 heterocycles. The van der Waals surface area contributed by atoms with E-state index in [2.05, 4.69) is 19.2 Å². The van der Waals surface area contributed by atoms with Crippen molar-refractivity contribution in [1.29, 1.82) is 0 Å². The summed E-state index contributed by atoms with van der Waals surface area (Å²) in [5.74, 6) is 0. The zero-order valence-electron chi connectivity index (χ0n) is 12.7. The highest BCUT2D eigenvalue weighted by Gasteiger charge is 2.41. The van der Waals surface area contributed by atoms with Gasteiger partial charge >= 0.3 is 0 Å². The Labute approximate surface area is 118 Å².